The third-order valence-electron chi connectivity index (χ3n) is 6.53. The molecule has 5 rings (SSSR count). The van der Waals surface area contributed by atoms with Crippen molar-refractivity contribution in [3.8, 4) is 0 Å². The van der Waals surface area contributed by atoms with E-state index in [2.05, 4.69) is 82.9 Å². The van der Waals surface area contributed by atoms with Crippen molar-refractivity contribution in [1.29, 1.82) is 0 Å². The average Bonchev–Trinajstić information content (AvgIpc) is 3.32. The second-order valence-electron chi connectivity index (χ2n) is 9.53. The zero-order valence-electron chi connectivity index (χ0n) is 20.3. The highest BCUT2D eigenvalue weighted by atomic mass is 32.2. The van der Waals surface area contributed by atoms with Gasteiger partial charge in [-0.3, -0.25) is 10.7 Å². The molecular formula is C27H34N6OS. The lowest BCUT2D eigenvalue weighted by Crippen LogP contribution is -2.61. The van der Waals surface area contributed by atoms with Crippen molar-refractivity contribution in [2.45, 2.75) is 55.3 Å². The highest BCUT2D eigenvalue weighted by Crippen LogP contribution is 2.31. The Kier molecular flexibility index (Phi) is 6.77. The average molecular weight is 491 g/mol. The third-order valence-corrected chi connectivity index (χ3v) is 7.65. The van der Waals surface area contributed by atoms with E-state index in [-0.39, 0.29) is 6.10 Å². The Labute approximate surface area is 211 Å². The maximum Gasteiger partial charge on any atom is 0.190 e. The van der Waals surface area contributed by atoms with E-state index in [1.807, 2.05) is 24.0 Å². The fraction of sp³-hybridized carbons (Fsp3) is 0.370. The van der Waals surface area contributed by atoms with Crippen molar-refractivity contribution in [2.75, 3.05) is 23.3 Å². The molecule has 2 aromatic carbocycles. The number of rotatable bonds is 6. The number of nitrogens with two attached hydrogens (primary N) is 1. The fourth-order valence-electron chi connectivity index (χ4n) is 4.65. The summed E-state index contributed by atoms with van der Waals surface area (Å²) in [5, 5.41) is 17.2. The van der Waals surface area contributed by atoms with Gasteiger partial charge in [0, 0.05) is 40.7 Å². The van der Waals surface area contributed by atoms with Crippen LogP contribution in [0.15, 0.2) is 70.7 Å². The number of amidine groups is 1. The number of nitrogens with one attached hydrogen (secondary N) is 3. The second-order valence-corrected chi connectivity index (χ2v) is 11.1. The number of aromatic nitrogens is 1. The number of thioether (sulfide) groups is 1. The number of benzene rings is 2. The predicted octanol–water partition coefficient (Wildman–Crippen LogP) is 4.21. The first kappa shape index (κ1) is 23.8. The molecule has 2 aliphatic rings. The molecule has 0 bridgehead atoms. The molecule has 8 heteroatoms. The van der Waals surface area contributed by atoms with Gasteiger partial charge in [0.15, 0.2) is 11.6 Å². The minimum atomic E-state index is -0.989. The van der Waals surface area contributed by atoms with Gasteiger partial charge in [0.2, 0.25) is 0 Å². The molecule has 0 aliphatic carbocycles. The molecule has 0 amide bonds. The molecule has 0 saturated carbocycles. The maximum absolute atomic E-state index is 9.80. The standard InChI is InChI=1S/C27H34N6OS/c1-18(2)35-24-6-4-3-5-19(24)17-30-26-25-23(11-14-29-25)31-27(28,32-26)20-7-9-21(10-8-20)33-15-12-22(34)13-16-33/h3-11,14,18,22,29,31,34H,12-13,15-17,28H2,1-2H3,(H,30,32). The van der Waals surface area contributed by atoms with Crippen LogP contribution in [-0.4, -0.2) is 40.4 Å². The van der Waals surface area contributed by atoms with Crippen LogP contribution in [0, 0.1) is 0 Å². The highest BCUT2D eigenvalue weighted by molar-refractivity contribution is 8.00. The number of H-pyrrole nitrogens is 1. The number of aromatic amines is 1. The SMILES string of the molecule is CC(C)Sc1ccccc1CN=C1NC(N)(c2ccc(N3CCC(O)CC3)cc2)Nc2cc[nH]c21. The Hall–Kier alpha value is -2.94. The molecule has 1 atom stereocenters. The molecule has 0 radical (unpaired) electrons. The van der Waals surface area contributed by atoms with Gasteiger partial charge in [0.05, 0.1) is 18.3 Å². The molecule has 6 N–H and O–H groups in total. The lowest BCUT2D eigenvalue weighted by atomic mass is 10.0. The molecule has 7 nitrogen and oxygen atoms in total. The fourth-order valence-corrected chi connectivity index (χ4v) is 5.60. The summed E-state index contributed by atoms with van der Waals surface area (Å²) in [7, 11) is 0. The number of fused-ring (bicyclic) bond motifs is 1. The molecule has 35 heavy (non-hydrogen) atoms. The molecule has 0 spiro atoms. The normalized spacial score (nSPS) is 21.6. The molecule has 1 aromatic heterocycles. The van der Waals surface area contributed by atoms with Crippen LogP contribution in [0.5, 0.6) is 0 Å². The predicted molar refractivity (Wildman–Crippen MR) is 145 cm³/mol. The Morgan fingerprint density at radius 1 is 1.09 bits per heavy atom. The van der Waals surface area contributed by atoms with Gasteiger partial charge < -0.3 is 25.6 Å². The van der Waals surface area contributed by atoms with Gasteiger partial charge in [-0.1, -0.05) is 44.2 Å². The smallest absolute Gasteiger partial charge is 0.190 e. The molecule has 1 fully saturated rings. The van der Waals surface area contributed by atoms with Gasteiger partial charge in [-0.05, 0) is 42.7 Å². The van der Waals surface area contributed by atoms with Crippen molar-refractivity contribution < 1.29 is 5.11 Å². The first-order valence-electron chi connectivity index (χ1n) is 12.3. The molecule has 1 unspecified atom stereocenters. The van der Waals surface area contributed by atoms with E-state index in [9.17, 15) is 5.11 Å². The molecule has 2 aliphatic heterocycles. The molecule has 184 valence electrons. The summed E-state index contributed by atoms with van der Waals surface area (Å²) < 4.78 is 0. The number of aliphatic hydroxyl groups excluding tert-OH is 1. The van der Waals surface area contributed by atoms with E-state index < -0.39 is 5.79 Å². The topological polar surface area (TPSA) is 102 Å². The zero-order valence-corrected chi connectivity index (χ0v) is 21.1. The quantitative estimate of drug-likeness (QED) is 0.332. The number of anilines is 2. The summed E-state index contributed by atoms with van der Waals surface area (Å²) in [6, 6.07) is 18.8. The summed E-state index contributed by atoms with van der Waals surface area (Å²) >= 11 is 1.86. The summed E-state index contributed by atoms with van der Waals surface area (Å²) in [6.07, 6.45) is 3.33. The van der Waals surface area contributed by atoms with Gasteiger partial charge in [0.25, 0.3) is 0 Å². The first-order valence-corrected chi connectivity index (χ1v) is 13.1. The van der Waals surface area contributed by atoms with Gasteiger partial charge in [-0.2, -0.15) is 0 Å². The third kappa shape index (κ3) is 5.19. The first-order chi connectivity index (χ1) is 16.9. The number of aliphatic hydroxyl groups is 1. The van der Waals surface area contributed by atoms with Crippen LogP contribution in [0.2, 0.25) is 0 Å². The largest absolute Gasteiger partial charge is 0.393 e. The number of hydrogen-bond donors (Lipinski definition) is 5. The van der Waals surface area contributed by atoms with Crippen LogP contribution in [0.25, 0.3) is 0 Å². The minimum Gasteiger partial charge on any atom is -0.393 e. The van der Waals surface area contributed by atoms with Gasteiger partial charge in [-0.25, -0.2) is 0 Å². The zero-order chi connectivity index (χ0) is 24.4. The van der Waals surface area contributed by atoms with Crippen LogP contribution in [0.1, 0.15) is 43.5 Å². The van der Waals surface area contributed by atoms with E-state index in [4.69, 9.17) is 10.7 Å². The van der Waals surface area contributed by atoms with E-state index in [1.54, 1.807) is 0 Å². The Balaban J connectivity index is 1.38. The highest BCUT2D eigenvalue weighted by Gasteiger charge is 2.35. The van der Waals surface area contributed by atoms with Crippen molar-refractivity contribution in [1.82, 2.24) is 10.3 Å². The van der Waals surface area contributed by atoms with Crippen LogP contribution < -0.4 is 21.3 Å². The maximum atomic E-state index is 9.80. The lowest BCUT2D eigenvalue weighted by molar-refractivity contribution is 0.145. The minimum absolute atomic E-state index is 0.183. The van der Waals surface area contributed by atoms with Crippen molar-refractivity contribution in [3.63, 3.8) is 0 Å². The van der Waals surface area contributed by atoms with E-state index in [0.29, 0.717) is 11.8 Å². The Morgan fingerprint density at radius 3 is 2.57 bits per heavy atom. The van der Waals surface area contributed by atoms with E-state index in [0.717, 1.165) is 54.4 Å². The van der Waals surface area contributed by atoms with E-state index >= 15 is 0 Å². The van der Waals surface area contributed by atoms with E-state index in [1.165, 1.54) is 10.5 Å². The number of aliphatic imine (C=N–C) groups is 1. The Morgan fingerprint density at radius 2 is 1.83 bits per heavy atom. The molecule has 3 heterocycles. The van der Waals surface area contributed by atoms with Crippen molar-refractivity contribution >= 4 is 29.0 Å². The van der Waals surface area contributed by atoms with Crippen LogP contribution in [0.4, 0.5) is 11.4 Å². The Bertz CT molecular complexity index is 1180. The molecular weight excluding hydrogens is 456 g/mol. The summed E-state index contributed by atoms with van der Waals surface area (Å²) in [6.45, 7) is 6.70. The van der Waals surface area contributed by atoms with Gasteiger partial charge in [0.1, 0.15) is 5.69 Å². The summed E-state index contributed by atoms with van der Waals surface area (Å²) in [5.74, 6) is -0.249. The van der Waals surface area contributed by atoms with Crippen LogP contribution >= 0.6 is 11.8 Å². The van der Waals surface area contributed by atoms with Crippen LogP contribution in [-0.2, 0) is 12.3 Å². The molecule has 3 aromatic rings. The van der Waals surface area contributed by atoms with Gasteiger partial charge in [-0.15, -0.1) is 11.8 Å². The van der Waals surface area contributed by atoms with Crippen molar-refractivity contribution in [2.24, 2.45) is 10.7 Å². The number of nitrogens with zero attached hydrogens (tertiary/aromatic N) is 2. The number of hydrogen-bond acceptors (Lipinski definition) is 6. The summed E-state index contributed by atoms with van der Waals surface area (Å²) in [4.78, 5) is 11.8. The molecule has 1 saturated heterocycles. The van der Waals surface area contributed by atoms with Crippen molar-refractivity contribution in [3.05, 3.63) is 77.6 Å². The lowest BCUT2D eigenvalue weighted by Gasteiger charge is -2.38. The van der Waals surface area contributed by atoms with Crippen LogP contribution in [0.3, 0.4) is 0 Å². The number of piperidine rings is 1. The van der Waals surface area contributed by atoms with Gasteiger partial charge >= 0.3 is 0 Å². The monoisotopic (exact) mass is 490 g/mol. The second kappa shape index (κ2) is 9.97. The summed E-state index contributed by atoms with van der Waals surface area (Å²) in [5.41, 5.74) is 12.0.